The van der Waals surface area contributed by atoms with Gasteiger partial charge in [-0.1, -0.05) is 127 Å². The van der Waals surface area contributed by atoms with Crippen molar-refractivity contribution in [1.82, 2.24) is 0 Å². The first-order chi connectivity index (χ1) is 18.4. The first-order valence-electron chi connectivity index (χ1n) is 13.3. The summed E-state index contributed by atoms with van der Waals surface area (Å²) in [5.41, 5.74) is 10.9. The minimum Gasteiger partial charge on any atom is -0.0802 e. The Labute approximate surface area is 217 Å². The molecule has 0 amide bonds. The molecule has 0 aliphatic heterocycles. The topological polar surface area (TPSA) is 0 Å². The van der Waals surface area contributed by atoms with E-state index in [1.165, 1.54) is 66.9 Å². The molecule has 0 saturated heterocycles. The van der Waals surface area contributed by atoms with Crippen molar-refractivity contribution < 1.29 is 0 Å². The summed E-state index contributed by atoms with van der Waals surface area (Å²) in [6.45, 7) is 0. The number of hydrogen-bond acceptors (Lipinski definition) is 0. The quantitative estimate of drug-likeness (QED) is 0.241. The molecule has 0 aromatic heterocycles. The van der Waals surface area contributed by atoms with E-state index in [0.717, 1.165) is 0 Å². The summed E-state index contributed by atoms with van der Waals surface area (Å²) in [5.74, 6) is 1.29. The van der Waals surface area contributed by atoms with E-state index in [0.29, 0.717) is 11.8 Å². The van der Waals surface area contributed by atoms with Crippen LogP contribution in [0.1, 0.15) is 23.5 Å². The normalized spacial score (nSPS) is 17.5. The van der Waals surface area contributed by atoms with Crippen molar-refractivity contribution in [2.24, 2.45) is 5.92 Å². The van der Waals surface area contributed by atoms with E-state index in [4.69, 9.17) is 0 Å². The fourth-order valence-electron chi connectivity index (χ4n) is 6.54. The van der Waals surface area contributed by atoms with Crippen LogP contribution in [0.15, 0.2) is 127 Å². The Kier molecular flexibility index (Phi) is 4.51. The molecule has 2 aliphatic carbocycles. The Morgan fingerprint density at radius 2 is 1.22 bits per heavy atom. The molecule has 6 aromatic rings. The van der Waals surface area contributed by atoms with Crippen LogP contribution in [0.3, 0.4) is 0 Å². The van der Waals surface area contributed by atoms with Crippen molar-refractivity contribution in [1.29, 1.82) is 0 Å². The van der Waals surface area contributed by atoms with Gasteiger partial charge in [-0.3, -0.25) is 0 Å². The first kappa shape index (κ1) is 20.7. The number of allylic oxidation sites excluding steroid dienone is 1. The summed E-state index contributed by atoms with van der Waals surface area (Å²) < 4.78 is 0. The molecular weight excluding hydrogens is 444 g/mol. The molecule has 37 heavy (non-hydrogen) atoms. The smallest absolute Gasteiger partial charge is 0.00296 e. The van der Waals surface area contributed by atoms with Gasteiger partial charge in [0.25, 0.3) is 0 Å². The molecule has 2 aliphatic rings. The molecule has 0 bridgehead atoms. The van der Waals surface area contributed by atoms with Gasteiger partial charge in [-0.05, 0) is 90.4 Å². The maximum absolute atomic E-state index is 2.45. The van der Waals surface area contributed by atoms with Gasteiger partial charge in [0.2, 0.25) is 0 Å². The summed E-state index contributed by atoms with van der Waals surface area (Å²) in [5, 5.41) is 5.29. The third kappa shape index (κ3) is 3.22. The van der Waals surface area contributed by atoms with Crippen LogP contribution in [-0.4, -0.2) is 0 Å². The fraction of sp³-hybridized carbons (Fsp3) is 0.0811. The molecule has 174 valence electrons. The zero-order valence-corrected chi connectivity index (χ0v) is 20.6. The SMILES string of the molecule is C1=CC2CC2c2c1c(-c1ccccc1)c1ccccc1c2-c1ccc2cccc(-c3ccccc3)c2c1. The first-order valence-corrected chi connectivity index (χ1v) is 13.3. The summed E-state index contributed by atoms with van der Waals surface area (Å²) >= 11 is 0. The van der Waals surface area contributed by atoms with E-state index >= 15 is 0 Å². The molecule has 1 fully saturated rings. The standard InChI is InChI=1S/C37H26/c1-3-10-24(11-4-1)29-17-9-14-25-18-19-28(23-33(25)29)36-31-16-8-7-15-30(31)35(26-12-5-2-6-13-26)32-21-20-27-22-34(27)37(32)36/h1-21,23,27,34H,22H2. The highest BCUT2D eigenvalue weighted by atomic mass is 14.5. The van der Waals surface area contributed by atoms with Crippen LogP contribution in [0.4, 0.5) is 0 Å². The van der Waals surface area contributed by atoms with Gasteiger partial charge in [0, 0.05) is 0 Å². The van der Waals surface area contributed by atoms with Crippen molar-refractivity contribution in [2.75, 3.05) is 0 Å². The molecule has 8 rings (SSSR count). The summed E-state index contributed by atoms with van der Waals surface area (Å²) in [4.78, 5) is 0. The predicted octanol–water partition coefficient (Wildman–Crippen LogP) is 10.1. The minimum atomic E-state index is 0.613. The minimum absolute atomic E-state index is 0.613. The van der Waals surface area contributed by atoms with Crippen LogP contribution in [-0.2, 0) is 0 Å². The maximum Gasteiger partial charge on any atom is -0.00296 e. The van der Waals surface area contributed by atoms with E-state index in [2.05, 4.69) is 133 Å². The highest BCUT2D eigenvalue weighted by molar-refractivity contribution is 6.11. The Hall–Kier alpha value is -4.42. The van der Waals surface area contributed by atoms with Crippen molar-refractivity contribution in [2.45, 2.75) is 12.3 Å². The van der Waals surface area contributed by atoms with Crippen molar-refractivity contribution in [3.05, 3.63) is 139 Å². The summed E-state index contributed by atoms with van der Waals surface area (Å²) in [6, 6.07) is 44.5. The Balaban J connectivity index is 1.47. The highest BCUT2D eigenvalue weighted by Crippen LogP contribution is 2.58. The molecule has 0 heteroatoms. The Bertz CT molecular complexity index is 1840. The van der Waals surface area contributed by atoms with Crippen LogP contribution in [0.25, 0.3) is 61.0 Å². The van der Waals surface area contributed by atoms with Crippen LogP contribution in [0, 0.1) is 5.92 Å². The predicted molar refractivity (Wildman–Crippen MR) is 158 cm³/mol. The molecule has 0 radical (unpaired) electrons. The van der Waals surface area contributed by atoms with Crippen molar-refractivity contribution in [3.63, 3.8) is 0 Å². The van der Waals surface area contributed by atoms with Gasteiger partial charge in [-0.25, -0.2) is 0 Å². The van der Waals surface area contributed by atoms with Gasteiger partial charge in [-0.2, -0.15) is 0 Å². The third-order valence-corrected chi connectivity index (χ3v) is 8.33. The van der Waals surface area contributed by atoms with Gasteiger partial charge in [0.15, 0.2) is 0 Å². The van der Waals surface area contributed by atoms with Gasteiger partial charge in [-0.15, -0.1) is 0 Å². The monoisotopic (exact) mass is 470 g/mol. The second kappa shape index (κ2) is 8.05. The van der Waals surface area contributed by atoms with Crippen molar-refractivity contribution >= 4 is 27.6 Å². The molecular formula is C37H26. The lowest BCUT2D eigenvalue weighted by Gasteiger charge is -2.24. The van der Waals surface area contributed by atoms with Gasteiger partial charge < -0.3 is 0 Å². The second-order valence-electron chi connectivity index (χ2n) is 10.5. The molecule has 0 spiro atoms. The van der Waals surface area contributed by atoms with Gasteiger partial charge in [0.1, 0.15) is 0 Å². The molecule has 2 atom stereocenters. The molecule has 0 heterocycles. The molecule has 0 N–H and O–H groups in total. The summed E-state index contributed by atoms with van der Waals surface area (Å²) in [6.07, 6.45) is 6.12. The lowest BCUT2D eigenvalue weighted by molar-refractivity contribution is 1.00. The molecule has 2 unspecified atom stereocenters. The van der Waals surface area contributed by atoms with Gasteiger partial charge >= 0.3 is 0 Å². The zero-order valence-electron chi connectivity index (χ0n) is 20.6. The number of benzene rings is 6. The zero-order chi connectivity index (χ0) is 24.3. The Morgan fingerprint density at radius 3 is 2.00 bits per heavy atom. The largest absolute Gasteiger partial charge is 0.0802 e. The average molecular weight is 471 g/mol. The fourth-order valence-corrected chi connectivity index (χ4v) is 6.54. The van der Waals surface area contributed by atoms with E-state index < -0.39 is 0 Å². The molecule has 6 aromatic carbocycles. The van der Waals surface area contributed by atoms with Crippen LogP contribution in [0.5, 0.6) is 0 Å². The Morgan fingerprint density at radius 1 is 0.514 bits per heavy atom. The maximum atomic E-state index is 2.45. The van der Waals surface area contributed by atoms with Gasteiger partial charge in [0.05, 0.1) is 0 Å². The van der Waals surface area contributed by atoms with E-state index in [-0.39, 0.29) is 0 Å². The average Bonchev–Trinajstić information content (AvgIpc) is 3.77. The lowest BCUT2D eigenvalue weighted by Crippen LogP contribution is -2.02. The number of hydrogen-bond donors (Lipinski definition) is 0. The van der Waals surface area contributed by atoms with Crippen molar-refractivity contribution in [3.8, 4) is 33.4 Å². The van der Waals surface area contributed by atoms with E-state index in [1.807, 2.05) is 0 Å². The lowest BCUT2D eigenvalue weighted by atomic mass is 9.79. The van der Waals surface area contributed by atoms with E-state index in [9.17, 15) is 0 Å². The molecule has 1 saturated carbocycles. The van der Waals surface area contributed by atoms with Crippen LogP contribution in [0.2, 0.25) is 0 Å². The number of rotatable bonds is 3. The molecule has 0 nitrogen and oxygen atoms in total. The highest BCUT2D eigenvalue weighted by Gasteiger charge is 2.42. The third-order valence-electron chi connectivity index (χ3n) is 8.33. The van der Waals surface area contributed by atoms with Crippen LogP contribution >= 0.6 is 0 Å². The number of fused-ring (bicyclic) bond motifs is 5. The second-order valence-corrected chi connectivity index (χ2v) is 10.5. The van der Waals surface area contributed by atoms with Crippen LogP contribution < -0.4 is 0 Å². The van der Waals surface area contributed by atoms with E-state index in [1.54, 1.807) is 5.56 Å². The summed E-state index contributed by atoms with van der Waals surface area (Å²) in [7, 11) is 0.